The Kier molecular flexibility index (Phi) is 14.0. The van der Waals surface area contributed by atoms with Crippen LogP contribution in [0.1, 0.15) is 0 Å². The first-order valence-electron chi connectivity index (χ1n) is 29.8. The smallest absolute Gasteiger partial charge is 0.0561 e. The van der Waals surface area contributed by atoms with Crippen molar-refractivity contribution in [2.75, 3.05) is 9.80 Å². The van der Waals surface area contributed by atoms with Crippen LogP contribution in [0.5, 0.6) is 0 Å². The van der Waals surface area contributed by atoms with E-state index in [0.29, 0.717) is 0 Å². The maximum absolute atomic E-state index is 2.41. The number of para-hydroxylation sites is 4. The first-order chi connectivity index (χ1) is 43.2. The molecule has 14 aromatic carbocycles. The van der Waals surface area contributed by atoms with Crippen molar-refractivity contribution in [2.45, 2.75) is 0 Å². The normalized spacial score (nSPS) is 11.2. The quantitative estimate of drug-likeness (QED) is 0.108. The first-order valence-corrected chi connectivity index (χ1v) is 29.8. The third-order valence-corrected chi connectivity index (χ3v) is 16.8. The molecule has 0 fully saturated rings. The van der Waals surface area contributed by atoms with E-state index in [1.165, 1.54) is 44.1 Å². The largest absolute Gasteiger partial charge is 0.311 e. The van der Waals surface area contributed by atoms with Gasteiger partial charge in [0.2, 0.25) is 0 Å². The Morgan fingerprint density at radius 2 is 0.494 bits per heavy atom. The fourth-order valence-corrected chi connectivity index (χ4v) is 12.7. The van der Waals surface area contributed by atoms with Crippen LogP contribution in [0.25, 0.3) is 105 Å². The topological polar surface area (TPSA) is 11.4 Å². The number of fused-ring (bicyclic) bond motifs is 3. The molecule has 0 aliphatic carbocycles. The summed E-state index contributed by atoms with van der Waals surface area (Å²) in [5.74, 6) is 0. The molecule has 3 heteroatoms. The van der Waals surface area contributed by atoms with Crippen molar-refractivity contribution in [2.24, 2.45) is 0 Å². The predicted molar refractivity (Wildman–Crippen MR) is 368 cm³/mol. The summed E-state index contributed by atoms with van der Waals surface area (Å²) in [6, 6.07) is 130. The van der Waals surface area contributed by atoms with Crippen molar-refractivity contribution in [1.29, 1.82) is 0 Å². The molecule has 0 unspecified atom stereocenters. The van der Waals surface area contributed by atoms with E-state index < -0.39 is 0 Å². The molecule has 0 N–H and O–H groups in total. The van der Waals surface area contributed by atoms with Crippen LogP contribution < -0.4 is 9.80 Å². The lowest BCUT2D eigenvalue weighted by Gasteiger charge is -2.26. The Hall–Kier alpha value is -11.5. The van der Waals surface area contributed by atoms with Gasteiger partial charge in [-0.05, 0) is 181 Å². The minimum Gasteiger partial charge on any atom is -0.311 e. The van der Waals surface area contributed by atoms with Gasteiger partial charge in [0.15, 0.2) is 0 Å². The monoisotopic (exact) mass is 1110 g/mol. The summed E-state index contributed by atoms with van der Waals surface area (Å²) in [6.07, 6.45) is 0. The van der Waals surface area contributed by atoms with Gasteiger partial charge in [-0.15, -0.1) is 0 Å². The summed E-state index contributed by atoms with van der Waals surface area (Å²) in [6.45, 7) is 0. The predicted octanol–water partition coefficient (Wildman–Crippen LogP) is 23.4. The molecule has 3 nitrogen and oxygen atoms in total. The van der Waals surface area contributed by atoms with Crippen LogP contribution in [0.4, 0.5) is 34.1 Å². The van der Waals surface area contributed by atoms with E-state index in [0.717, 1.165) is 95.4 Å². The van der Waals surface area contributed by atoms with E-state index in [2.05, 4.69) is 372 Å². The first kappa shape index (κ1) is 52.3. The number of aromatic nitrogens is 1. The number of nitrogens with zero attached hydrogens (tertiary/aromatic N) is 3. The molecule has 0 aliphatic heterocycles. The van der Waals surface area contributed by atoms with Crippen molar-refractivity contribution in [3.63, 3.8) is 0 Å². The third kappa shape index (κ3) is 10.1. The molecule has 0 aliphatic rings. The van der Waals surface area contributed by atoms with Gasteiger partial charge in [0.25, 0.3) is 0 Å². The summed E-state index contributed by atoms with van der Waals surface area (Å²) in [5.41, 5.74) is 26.3. The van der Waals surface area contributed by atoms with Gasteiger partial charge in [-0.25, -0.2) is 0 Å². The average molecular weight is 1110 g/mol. The van der Waals surface area contributed by atoms with E-state index >= 15 is 0 Å². The van der Waals surface area contributed by atoms with Crippen LogP contribution in [0, 0.1) is 0 Å². The van der Waals surface area contributed by atoms with E-state index in [1.807, 2.05) is 0 Å². The van der Waals surface area contributed by atoms with E-state index in [-0.39, 0.29) is 0 Å². The number of benzene rings is 14. The molecule has 1 aromatic heterocycles. The molecule has 15 rings (SSSR count). The second-order valence-electron chi connectivity index (χ2n) is 22.0. The molecule has 0 radical (unpaired) electrons. The van der Waals surface area contributed by atoms with Crippen molar-refractivity contribution >= 4 is 55.9 Å². The zero-order chi connectivity index (χ0) is 57.9. The van der Waals surface area contributed by atoms with Gasteiger partial charge in [0, 0.05) is 50.6 Å². The molecule has 0 amide bonds. The highest BCUT2D eigenvalue weighted by molar-refractivity contribution is 6.10. The Morgan fingerprint density at radius 3 is 0.931 bits per heavy atom. The van der Waals surface area contributed by atoms with Gasteiger partial charge >= 0.3 is 0 Å². The minimum atomic E-state index is 1.07. The average Bonchev–Trinajstić information content (AvgIpc) is 2.34. The van der Waals surface area contributed by atoms with E-state index in [9.17, 15) is 0 Å². The minimum absolute atomic E-state index is 1.07. The van der Waals surface area contributed by atoms with Crippen molar-refractivity contribution in [3.8, 4) is 83.6 Å². The summed E-state index contributed by atoms with van der Waals surface area (Å²) in [7, 11) is 0. The van der Waals surface area contributed by atoms with Gasteiger partial charge in [-0.3, -0.25) is 0 Å². The SMILES string of the molecule is c1ccc(-c2cc(-c3ccc(N(c4ccccc4)c4ccc5c6ccccc6n(-c6ccccc6)c5c4)cc3)c(-c3ccccc3)cc2-c2ccc(N(c3ccccc3)c3ccc(-c4c(-c5ccccc5)cccc4-c4ccccc4)cc3)cc2)cc1. The molecule has 410 valence electrons. The Morgan fingerprint density at radius 1 is 0.184 bits per heavy atom. The standard InChI is InChI=1S/C84H59N3/c1-8-25-60(26-9-1)74-40-24-41-75(61-27-10-2-11-28-61)84(74)66-47-53-71(54-48-66)85(67-33-16-5-17-34-67)70-49-43-64(44-50-70)80-58-79(63-31-14-4-15-32-63)81(59-78(80)62-29-12-3-13-30-62)65-45-51-72(52-46-65)86(68-35-18-6-19-36-68)73-55-56-77-76-39-22-23-42-82(76)87(83(77)57-73)69-37-20-7-21-38-69/h1-59H. The second-order valence-corrected chi connectivity index (χ2v) is 22.0. The van der Waals surface area contributed by atoms with Gasteiger partial charge in [0.1, 0.15) is 0 Å². The lowest BCUT2D eigenvalue weighted by Crippen LogP contribution is -2.10. The zero-order valence-electron chi connectivity index (χ0n) is 47.9. The molecular formula is C84H59N3. The highest BCUT2D eigenvalue weighted by Crippen LogP contribution is 2.47. The van der Waals surface area contributed by atoms with E-state index in [4.69, 9.17) is 0 Å². The number of hydrogen-bond donors (Lipinski definition) is 0. The molecule has 0 atom stereocenters. The van der Waals surface area contributed by atoms with Gasteiger partial charge in [0.05, 0.1) is 11.0 Å². The van der Waals surface area contributed by atoms with Gasteiger partial charge < -0.3 is 14.4 Å². The molecule has 15 aromatic rings. The lowest BCUT2D eigenvalue weighted by atomic mass is 9.85. The third-order valence-electron chi connectivity index (χ3n) is 16.8. The second kappa shape index (κ2) is 23.3. The highest BCUT2D eigenvalue weighted by atomic mass is 15.1. The molecular weight excluding hydrogens is 1050 g/mol. The van der Waals surface area contributed by atoms with Crippen molar-refractivity contribution in [3.05, 3.63) is 358 Å². The Bertz CT molecular complexity index is 4780. The number of hydrogen-bond acceptors (Lipinski definition) is 2. The van der Waals surface area contributed by atoms with Gasteiger partial charge in [-0.1, -0.05) is 255 Å². The highest BCUT2D eigenvalue weighted by Gasteiger charge is 2.22. The molecule has 87 heavy (non-hydrogen) atoms. The van der Waals surface area contributed by atoms with Gasteiger partial charge in [-0.2, -0.15) is 0 Å². The molecule has 0 saturated carbocycles. The summed E-state index contributed by atoms with van der Waals surface area (Å²) in [4.78, 5) is 4.73. The van der Waals surface area contributed by atoms with Crippen LogP contribution in [0.3, 0.4) is 0 Å². The van der Waals surface area contributed by atoms with E-state index in [1.54, 1.807) is 0 Å². The summed E-state index contributed by atoms with van der Waals surface area (Å²) >= 11 is 0. The number of rotatable bonds is 14. The molecule has 1 heterocycles. The summed E-state index contributed by atoms with van der Waals surface area (Å²) < 4.78 is 2.39. The van der Waals surface area contributed by atoms with Crippen LogP contribution >= 0.6 is 0 Å². The van der Waals surface area contributed by atoms with Crippen molar-refractivity contribution < 1.29 is 0 Å². The number of anilines is 6. The maximum atomic E-state index is 2.41. The fraction of sp³-hybridized carbons (Fsp3) is 0. The van der Waals surface area contributed by atoms with Crippen LogP contribution in [0.15, 0.2) is 358 Å². The van der Waals surface area contributed by atoms with Crippen LogP contribution in [-0.4, -0.2) is 4.57 Å². The Labute approximate surface area is 508 Å². The van der Waals surface area contributed by atoms with Crippen LogP contribution in [-0.2, 0) is 0 Å². The Balaban J connectivity index is 0.819. The molecule has 0 saturated heterocycles. The summed E-state index contributed by atoms with van der Waals surface area (Å²) in [5, 5.41) is 2.46. The maximum Gasteiger partial charge on any atom is 0.0561 e. The zero-order valence-corrected chi connectivity index (χ0v) is 47.9. The van der Waals surface area contributed by atoms with Crippen molar-refractivity contribution in [1.82, 2.24) is 4.57 Å². The fourth-order valence-electron chi connectivity index (χ4n) is 12.7. The molecule has 0 bridgehead atoms. The molecule has 0 spiro atoms. The lowest BCUT2D eigenvalue weighted by molar-refractivity contribution is 1.18. The van der Waals surface area contributed by atoms with Crippen LogP contribution in [0.2, 0.25) is 0 Å².